The smallest absolute Gasteiger partial charge is 0.242 e. The number of piperidine rings is 1. The minimum atomic E-state index is -3.38. The lowest BCUT2D eigenvalue weighted by Gasteiger charge is -2.57. The molecule has 1 aliphatic carbocycles. The van der Waals surface area contributed by atoms with Crippen molar-refractivity contribution in [2.24, 2.45) is 5.41 Å². The van der Waals surface area contributed by atoms with Gasteiger partial charge >= 0.3 is 0 Å². The Balaban J connectivity index is 2.20. The number of hydrogen-bond acceptors (Lipinski definition) is 3. The van der Waals surface area contributed by atoms with E-state index in [-0.39, 0.29) is 10.8 Å². The van der Waals surface area contributed by atoms with Crippen molar-refractivity contribution in [2.45, 2.75) is 50.0 Å². The van der Waals surface area contributed by atoms with E-state index < -0.39 is 10.0 Å². The van der Waals surface area contributed by atoms with E-state index in [0.717, 1.165) is 19.4 Å². The van der Waals surface area contributed by atoms with E-state index in [4.69, 9.17) is 0 Å². The molecule has 0 radical (unpaired) electrons. The zero-order valence-corrected chi connectivity index (χ0v) is 14.9. The summed E-state index contributed by atoms with van der Waals surface area (Å²) in [5.41, 5.74) is 2.63. The van der Waals surface area contributed by atoms with Crippen LogP contribution in [-0.2, 0) is 21.9 Å². The number of sulfonamides is 1. The van der Waals surface area contributed by atoms with E-state index in [2.05, 4.69) is 26.1 Å². The van der Waals surface area contributed by atoms with Crippen molar-refractivity contribution >= 4 is 10.0 Å². The first-order valence-electron chi connectivity index (χ1n) is 7.90. The Morgan fingerprint density at radius 1 is 1.23 bits per heavy atom. The molecule has 2 atom stereocenters. The van der Waals surface area contributed by atoms with Gasteiger partial charge in [-0.1, -0.05) is 26.8 Å². The molecule has 1 saturated heterocycles. The van der Waals surface area contributed by atoms with Gasteiger partial charge in [-0.05, 0) is 48.1 Å². The van der Waals surface area contributed by atoms with Gasteiger partial charge in [0.25, 0.3) is 0 Å². The quantitative estimate of drug-likeness (QED) is 0.907. The number of fused-ring (bicyclic) bond motifs is 4. The molecule has 0 aromatic heterocycles. The van der Waals surface area contributed by atoms with Crippen molar-refractivity contribution in [3.8, 4) is 0 Å². The first kappa shape index (κ1) is 16.0. The highest BCUT2D eigenvalue weighted by Gasteiger charge is 2.53. The SMILES string of the molecule is CN(C)S(=O)(=O)c1ccc2c(c1)[C@]1(C)CCNC(C2)C1(C)C. The van der Waals surface area contributed by atoms with Crippen LogP contribution >= 0.6 is 0 Å². The third-order valence-electron chi connectivity index (χ3n) is 6.19. The van der Waals surface area contributed by atoms with Crippen molar-refractivity contribution in [2.75, 3.05) is 20.6 Å². The fourth-order valence-electron chi connectivity index (χ4n) is 4.11. The van der Waals surface area contributed by atoms with Crippen molar-refractivity contribution in [1.29, 1.82) is 0 Å². The number of benzene rings is 1. The monoisotopic (exact) mass is 322 g/mol. The number of hydrogen-bond donors (Lipinski definition) is 1. The van der Waals surface area contributed by atoms with E-state index in [1.165, 1.54) is 15.4 Å². The molecule has 1 unspecified atom stereocenters. The van der Waals surface area contributed by atoms with Crippen molar-refractivity contribution < 1.29 is 8.42 Å². The van der Waals surface area contributed by atoms with Crippen LogP contribution in [0.3, 0.4) is 0 Å². The second-order valence-corrected chi connectivity index (χ2v) is 9.77. The van der Waals surface area contributed by atoms with Gasteiger partial charge in [0.2, 0.25) is 10.0 Å². The molecule has 0 spiro atoms. The molecule has 2 aliphatic rings. The zero-order chi connectivity index (χ0) is 16.3. The summed E-state index contributed by atoms with van der Waals surface area (Å²) in [5.74, 6) is 0. The van der Waals surface area contributed by atoms with Crippen LogP contribution in [0.25, 0.3) is 0 Å². The maximum Gasteiger partial charge on any atom is 0.242 e. The molecule has 3 rings (SSSR count). The summed E-state index contributed by atoms with van der Waals surface area (Å²) in [4.78, 5) is 0.408. The lowest BCUT2D eigenvalue weighted by molar-refractivity contribution is 0.0557. The van der Waals surface area contributed by atoms with Crippen LogP contribution in [0.5, 0.6) is 0 Å². The standard InChI is InChI=1S/C17H26N2O2S/c1-16(2)15-10-12-6-7-13(22(20,21)19(4)5)11-14(12)17(16,3)8-9-18-15/h6-7,11,15,18H,8-10H2,1-5H3/t15?,17-/m0/s1. The van der Waals surface area contributed by atoms with E-state index in [9.17, 15) is 8.42 Å². The Morgan fingerprint density at radius 2 is 1.91 bits per heavy atom. The molecular weight excluding hydrogens is 296 g/mol. The minimum Gasteiger partial charge on any atom is -0.313 e. The Labute approximate surface area is 134 Å². The van der Waals surface area contributed by atoms with Gasteiger partial charge < -0.3 is 5.32 Å². The molecular formula is C17H26N2O2S. The van der Waals surface area contributed by atoms with Crippen LogP contribution in [0.1, 0.15) is 38.3 Å². The van der Waals surface area contributed by atoms with Crippen molar-refractivity contribution in [1.82, 2.24) is 9.62 Å². The summed E-state index contributed by atoms with van der Waals surface area (Å²) in [7, 11) is -0.215. The van der Waals surface area contributed by atoms with Gasteiger partial charge in [-0.15, -0.1) is 0 Å². The van der Waals surface area contributed by atoms with Gasteiger partial charge in [0.1, 0.15) is 0 Å². The highest BCUT2D eigenvalue weighted by molar-refractivity contribution is 7.89. The first-order chi connectivity index (χ1) is 10.1. The average molecular weight is 322 g/mol. The van der Waals surface area contributed by atoms with Crippen LogP contribution in [-0.4, -0.2) is 39.4 Å². The van der Waals surface area contributed by atoms with Crippen LogP contribution < -0.4 is 5.32 Å². The predicted octanol–water partition coefficient (Wildman–Crippen LogP) is 2.14. The molecule has 1 fully saturated rings. The largest absolute Gasteiger partial charge is 0.313 e. The number of nitrogens with one attached hydrogen (secondary N) is 1. The van der Waals surface area contributed by atoms with Crippen LogP contribution in [0, 0.1) is 5.41 Å². The predicted molar refractivity (Wildman–Crippen MR) is 88.6 cm³/mol. The molecule has 4 nitrogen and oxygen atoms in total. The summed E-state index contributed by atoms with van der Waals surface area (Å²) >= 11 is 0. The summed E-state index contributed by atoms with van der Waals surface area (Å²) in [6.07, 6.45) is 2.01. The molecule has 1 heterocycles. The normalized spacial score (nSPS) is 30.2. The molecule has 1 aromatic carbocycles. The van der Waals surface area contributed by atoms with Gasteiger partial charge in [-0.2, -0.15) is 0 Å². The molecule has 22 heavy (non-hydrogen) atoms. The molecule has 122 valence electrons. The Bertz CT molecular complexity index is 709. The molecule has 5 heteroatoms. The molecule has 1 N–H and O–H groups in total. The number of nitrogens with zero attached hydrogens (tertiary/aromatic N) is 1. The van der Waals surface area contributed by atoms with E-state index in [0.29, 0.717) is 10.9 Å². The number of rotatable bonds is 2. The van der Waals surface area contributed by atoms with Crippen molar-refractivity contribution in [3.05, 3.63) is 29.3 Å². The first-order valence-corrected chi connectivity index (χ1v) is 9.34. The molecule has 2 bridgehead atoms. The fraction of sp³-hybridized carbons (Fsp3) is 0.647. The summed E-state index contributed by atoms with van der Waals surface area (Å²) in [6.45, 7) is 7.90. The Morgan fingerprint density at radius 3 is 2.55 bits per heavy atom. The topological polar surface area (TPSA) is 49.4 Å². The Hall–Kier alpha value is -0.910. The zero-order valence-electron chi connectivity index (χ0n) is 14.1. The van der Waals surface area contributed by atoms with Gasteiger partial charge in [-0.25, -0.2) is 12.7 Å². The lowest BCUT2D eigenvalue weighted by atomic mass is 9.51. The van der Waals surface area contributed by atoms with E-state index in [1.54, 1.807) is 20.2 Å². The lowest BCUT2D eigenvalue weighted by Crippen LogP contribution is -2.62. The highest BCUT2D eigenvalue weighted by Crippen LogP contribution is 2.53. The fourth-order valence-corrected chi connectivity index (χ4v) is 5.03. The van der Waals surface area contributed by atoms with Crippen molar-refractivity contribution in [3.63, 3.8) is 0 Å². The summed E-state index contributed by atoms with van der Waals surface area (Å²) < 4.78 is 26.2. The summed E-state index contributed by atoms with van der Waals surface area (Å²) in [6, 6.07) is 6.15. The van der Waals surface area contributed by atoms with Crippen LogP contribution in [0.2, 0.25) is 0 Å². The van der Waals surface area contributed by atoms with E-state index >= 15 is 0 Å². The van der Waals surface area contributed by atoms with E-state index in [1.807, 2.05) is 12.1 Å². The maximum atomic E-state index is 12.5. The van der Waals surface area contributed by atoms with Crippen LogP contribution in [0.4, 0.5) is 0 Å². The van der Waals surface area contributed by atoms with Crippen LogP contribution in [0.15, 0.2) is 23.1 Å². The van der Waals surface area contributed by atoms with Gasteiger partial charge in [0.15, 0.2) is 0 Å². The Kier molecular flexibility index (Phi) is 3.48. The molecule has 0 amide bonds. The molecule has 1 aliphatic heterocycles. The summed E-state index contributed by atoms with van der Waals surface area (Å²) in [5, 5.41) is 3.64. The third kappa shape index (κ3) is 1.99. The molecule has 0 saturated carbocycles. The highest BCUT2D eigenvalue weighted by atomic mass is 32.2. The maximum absolute atomic E-state index is 12.5. The van der Waals surface area contributed by atoms with Gasteiger partial charge in [0.05, 0.1) is 4.90 Å². The second kappa shape index (κ2) is 4.79. The average Bonchev–Trinajstić information content (AvgIpc) is 2.42. The minimum absolute atomic E-state index is 0.00828. The molecule has 1 aromatic rings. The van der Waals surface area contributed by atoms with Gasteiger partial charge in [0, 0.05) is 25.6 Å². The third-order valence-corrected chi connectivity index (χ3v) is 8.00. The second-order valence-electron chi connectivity index (χ2n) is 7.62. The van der Waals surface area contributed by atoms with Gasteiger partial charge in [-0.3, -0.25) is 0 Å².